The summed E-state index contributed by atoms with van der Waals surface area (Å²) >= 11 is 0. The average Bonchev–Trinajstić information content (AvgIpc) is 2.57. The molecule has 2 aliphatic rings. The highest BCUT2D eigenvalue weighted by atomic mass is 16.1. The SMILES string of the molecule is CC1(C)C(C(=O)C2C(C)(C)C2(C)C)C1(C)C. The second-order valence-electron chi connectivity index (χ2n) is 8.16. The van der Waals surface area contributed by atoms with E-state index in [4.69, 9.17) is 0 Å². The van der Waals surface area contributed by atoms with Gasteiger partial charge in [0.2, 0.25) is 0 Å². The lowest BCUT2D eigenvalue weighted by molar-refractivity contribution is -0.123. The van der Waals surface area contributed by atoms with Crippen molar-refractivity contribution >= 4 is 5.78 Å². The van der Waals surface area contributed by atoms with Gasteiger partial charge in [-0.1, -0.05) is 55.4 Å². The molecule has 0 bridgehead atoms. The Bertz CT molecular complexity index is 296. The number of hydrogen-bond donors (Lipinski definition) is 0. The molecule has 2 fully saturated rings. The monoisotopic (exact) mass is 222 g/mol. The molecule has 0 heterocycles. The van der Waals surface area contributed by atoms with Crippen molar-refractivity contribution in [2.24, 2.45) is 33.5 Å². The fraction of sp³-hybridized carbons (Fsp3) is 0.933. The van der Waals surface area contributed by atoms with E-state index in [-0.39, 0.29) is 33.5 Å². The van der Waals surface area contributed by atoms with Gasteiger partial charge in [-0.05, 0) is 21.7 Å². The lowest BCUT2D eigenvalue weighted by Crippen LogP contribution is -2.13. The van der Waals surface area contributed by atoms with Crippen LogP contribution in [0.15, 0.2) is 0 Å². The third kappa shape index (κ3) is 1.05. The van der Waals surface area contributed by atoms with Crippen molar-refractivity contribution in [3.8, 4) is 0 Å². The molecule has 1 heteroatoms. The van der Waals surface area contributed by atoms with Gasteiger partial charge < -0.3 is 0 Å². The molecule has 0 amide bonds. The fourth-order valence-electron chi connectivity index (χ4n) is 3.98. The summed E-state index contributed by atoms with van der Waals surface area (Å²) < 4.78 is 0. The first-order valence-electron chi connectivity index (χ1n) is 6.44. The zero-order valence-corrected chi connectivity index (χ0v) is 12.1. The Kier molecular flexibility index (Phi) is 1.95. The van der Waals surface area contributed by atoms with E-state index in [1.54, 1.807) is 0 Å². The third-order valence-corrected chi connectivity index (χ3v) is 6.61. The molecule has 2 saturated carbocycles. The van der Waals surface area contributed by atoms with Crippen molar-refractivity contribution in [1.82, 2.24) is 0 Å². The Morgan fingerprint density at radius 1 is 0.625 bits per heavy atom. The lowest BCUT2D eigenvalue weighted by Gasteiger charge is -2.03. The van der Waals surface area contributed by atoms with Crippen LogP contribution in [0.3, 0.4) is 0 Å². The molecular formula is C15H26O. The highest BCUT2D eigenvalue weighted by Crippen LogP contribution is 2.76. The summed E-state index contributed by atoms with van der Waals surface area (Å²) in [6, 6.07) is 0. The minimum absolute atomic E-state index is 0.193. The molecule has 0 radical (unpaired) electrons. The normalized spacial score (nSPS) is 33.5. The Hall–Kier alpha value is -0.330. The first-order valence-corrected chi connectivity index (χ1v) is 6.44. The smallest absolute Gasteiger partial charge is 0.141 e. The van der Waals surface area contributed by atoms with Crippen LogP contribution in [-0.4, -0.2) is 5.78 Å². The summed E-state index contributed by atoms with van der Waals surface area (Å²) in [7, 11) is 0. The van der Waals surface area contributed by atoms with Crippen molar-refractivity contribution in [3.05, 3.63) is 0 Å². The van der Waals surface area contributed by atoms with Gasteiger partial charge in [0.15, 0.2) is 0 Å². The maximum Gasteiger partial charge on any atom is 0.141 e. The Morgan fingerprint density at radius 2 is 0.812 bits per heavy atom. The van der Waals surface area contributed by atoms with E-state index < -0.39 is 0 Å². The van der Waals surface area contributed by atoms with Crippen molar-refractivity contribution in [3.63, 3.8) is 0 Å². The van der Waals surface area contributed by atoms with Crippen LogP contribution in [0.25, 0.3) is 0 Å². The summed E-state index contributed by atoms with van der Waals surface area (Å²) in [5, 5.41) is 0. The molecule has 0 N–H and O–H groups in total. The van der Waals surface area contributed by atoms with E-state index in [2.05, 4.69) is 55.4 Å². The van der Waals surface area contributed by atoms with Gasteiger partial charge in [0, 0.05) is 11.8 Å². The van der Waals surface area contributed by atoms with Gasteiger partial charge >= 0.3 is 0 Å². The molecule has 0 aromatic carbocycles. The number of carbonyl (C=O) groups excluding carboxylic acids is 1. The van der Waals surface area contributed by atoms with E-state index in [1.807, 2.05) is 0 Å². The standard InChI is InChI=1S/C15H26O/c1-12(2)10(13(12,3)4)9(16)11-14(5,6)15(11,7)8/h10-11H,1-8H3. The Labute approximate surface area is 100.0 Å². The van der Waals surface area contributed by atoms with Crippen molar-refractivity contribution < 1.29 is 4.79 Å². The lowest BCUT2D eigenvalue weighted by atomic mass is 9.99. The van der Waals surface area contributed by atoms with Crippen LogP contribution >= 0.6 is 0 Å². The quantitative estimate of drug-likeness (QED) is 0.692. The molecule has 0 unspecified atom stereocenters. The summed E-state index contributed by atoms with van der Waals surface area (Å²) in [5.41, 5.74) is 0.773. The van der Waals surface area contributed by atoms with E-state index >= 15 is 0 Å². The molecule has 0 aromatic heterocycles. The van der Waals surface area contributed by atoms with E-state index in [0.717, 1.165) is 0 Å². The van der Waals surface area contributed by atoms with Crippen LogP contribution in [0.2, 0.25) is 0 Å². The van der Waals surface area contributed by atoms with Crippen molar-refractivity contribution in [2.45, 2.75) is 55.4 Å². The van der Waals surface area contributed by atoms with E-state index in [1.165, 1.54) is 0 Å². The van der Waals surface area contributed by atoms with Crippen molar-refractivity contribution in [1.29, 1.82) is 0 Å². The molecule has 0 aromatic rings. The van der Waals surface area contributed by atoms with Gasteiger partial charge in [0.1, 0.15) is 5.78 Å². The average molecular weight is 222 g/mol. The molecule has 0 spiro atoms. The second kappa shape index (κ2) is 2.57. The van der Waals surface area contributed by atoms with Gasteiger partial charge in [-0.2, -0.15) is 0 Å². The van der Waals surface area contributed by atoms with Gasteiger partial charge in [-0.25, -0.2) is 0 Å². The molecule has 1 nitrogen and oxygen atoms in total. The second-order valence-corrected chi connectivity index (χ2v) is 8.16. The highest BCUT2D eigenvalue weighted by molar-refractivity contribution is 5.92. The van der Waals surface area contributed by atoms with Gasteiger partial charge in [0.25, 0.3) is 0 Å². The van der Waals surface area contributed by atoms with Gasteiger partial charge in [0.05, 0.1) is 0 Å². The highest BCUT2D eigenvalue weighted by Gasteiger charge is 2.76. The number of rotatable bonds is 2. The van der Waals surface area contributed by atoms with Crippen LogP contribution in [0, 0.1) is 33.5 Å². The van der Waals surface area contributed by atoms with Crippen LogP contribution in [-0.2, 0) is 4.79 Å². The molecule has 16 heavy (non-hydrogen) atoms. The molecule has 92 valence electrons. The number of hydrogen-bond acceptors (Lipinski definition) is 1. The predicted molar refractivity (Wildman–Crippen MR) is 67.1 cm³/mol. The first kappa shape index (κ1) is 12.1. The largest absolute Gasteiger partial charge is 0.299 e. The topological polar surface area (TPSA) is 17.1 Å². The summed E-state index contributed by atoms with van der Waals surface area (Å²) in [6.45, 7) is 17.9. The molecule has 2 aliphatic carbocycles. The van der Waals surface area contributed by atoms with Gasteiger partial charge in [-0.15, -0.1) is 0 Å². The van der Waals surface area contributed by atoms with Crippen LogP contribution in [0.5, 0.6) is 0 Å². The molecule has 2 rings (SSSR count). The summed E-state index contributed by atoms with van der Waals surface area (Å²) in [5.74, 6) is 1.06. The molecule has 0 aliphatic heterocycles. The van der Waals surface area contributed by atoms with Crippen molar-refractivity contribution in [2.75, 3.05) is 0 Å². The van der Waals surface area contributed by atoms with Crippen LogP contribution in [0.1, 0.15) is 55.4 Å². The minimum Gasteiger partial charge on any atom is -0.299 e. The fourth-order valence-corrected chi connectivity index (χ4v) is 3.98. The Balaban J connectivity index is 2.20. The minimum atomic E-state index is 0.193. The first-order chi connectivity index (χ1) is 6.90. The molecule has 0 atom stereocenters. The maximum absolute atomic E-state index is 12.6. The number of ketones is 1. The number of carbonyl (C=O) groups is 1. The number of Topliss-reactive ketones (excluding diaryl/α,β-unsaturated/α-hetero) is 1. The van der Waals surface area contributed by atoms with Crippen LogP contribution < -0.4 is 0 Å². The van der Waals surface area contributed by atoms with E-state index in [9.17, 15) is 4.79 Å². The van der Waals surface area contributed by atoms with Gasteiger partial charge in [-0.3, -0.25) is 4.79 Å². The summed E-state index contributed by atoms with van der Waals surface area (Å²) in [4.78, 5) is 12.6. The molecule has 0 saturated heterocycles. The van der Waals surface area contributed by atoms with Crippen LogP contribution in [0.4, 0.5) is 0 Å². The third-order valence-electron chi connectivity index (χ3n) is 6.61. The summed E-state index contributed by atoms with van der Waals surface area (Å²) in [6.07, 6.45) is 0. The van der Waals surface area contributed by atoms with E-state index in [0.29, 0.717) is 5.78 Å². The molecular weight excluding hydrogens is 196 g/mol. The zero-order chi connectivity index (χ0) is 12.7. The zero-order valence-electron chi connectivity index (χ0n) is 12.1. The maximum atomic E-state index is 12.6. The Morgan fingerprint density at radius 3 is 0.938 bits per heavy atom. The predicted octanol–water partition coefficient (Wildman–Crippen LogP) is 3.92.